The van der Waals surface area contributed by atoms with Gasteiger partial charge in [0.05, 0.1) is 11.5 Å². The standard InChI is InChI=1S/C21H26O4/c1-21(2,3)20(23)25-15-18(22)13-17-11-7-8-12-19(17)24-14-16-9-5-4-6-10-16/h4-12,18,22H,13-15H2,1-3H3. The second-order valence-corrected chi connectivity index (χ2v) is 7.09. The van der Waals surface area contributed by atoms with Crippen LogP contribution in [0.4, 0.5) is 0 Å². The molecule has 0 aliphatic rings. The Morgan fingerprint density at radius 2 is 1.68 bits per heavy atom. The summed E-state index contributed by atoms with van der Waals surface area (Å²) < 4.78 is 11.1. The predicted octanol–water partition coefficient (Wildman–Crippen LogP) is 3.76. The van der Waals surface area contributed by atoms with E-state index in [4.69, 9.17) is 9.47 Å². The number of carbonyl (C=O) groups is 1. The van der Waals surface area contributed by atoms with Crippen LogP contribution in [0.5, 0.6) is 5.75 Å². The lowest BCUT2D eigenvalue weighted by Gasteiger charge is -2.19. The molecule has 2 aromatic rings. The molecule has 0 aromatic heterocycles. The van der Waals surface area contributed by atoms with E-state index in [1.54, 1.807) is 20.8 Å². The van der Waals surface area contributed by atoms with Crippen molar-refractivity contribution in [3.8, 4) is 5.75 Å². The van der Waals surface area contributed by atoms with Gasteiger partial charge in [0.15, 0.2) is 0 Å². The topological polar surface area (TPSA) is 55.8 Å². The summed E-state index contributed by atoms with van der Waals surface area (Å²) in [5, 5.41) is 10.2. The molecule has 0 spiro atoms. The van der Waals surface area contributed by atoms with E-state index in [-0.39, 0.29) is 12.6 Å². The van der Waals surface area contributed by atoms with Gasteiger partial charge in [0.2, 0.25) is 0 Å². The molecule has 25 heavy (non-hydrogen) atoms. The fraction of sp³-hybridized carbons (Fsp3) is 0.381. The van der Waals surface area contributed by atoms with Crippen LogP contribution in [0.25, 0.3) is 0 Å². The fourth-order valence-corrected chi connectivity index (χ4v) is 2.25. The molecule has 0 saturated heterocycles. The van der Waals surface area contributed by atoms with Crippen LogP contribution in [0.15, 0.2) is 54.6 Å². The number of aliphatic hydroxyl groups excluding tert-OH is 1. The molecule has 0 bridgehead atoms. The molecule has 1 atom stereocenters. The van der Waals surface area contributed by atoms with E-state index >= 15 is 0 Å². The predicted molar refractivity (Wildman–Crippen MR) is 97.3 cm³/mol. The molecule has 2 aromatic carbocycles. The van der Waals surface area contributed by atoms with E-state index < -0.39 is 11.5 Å². The van der Waals surface area contributed by atoms with Crippen molar-refractivity contribution in [1.82, 2.24) is 0 Å². The molecule has 4 heteroatoms. The van der Waals surface area contributed by atoms with Crippen molar-refractivity contribution in [2.45, 2.75) is 39.9 Å². The van der Waals surface area contributed by atoms with Gasteiger partial charge in [-0.25, -0.2) is 0 Å². The van der Waals surface area contributed by atoms with Crippen LogP contribution in [0.2, 0.25) is 0 Å². The molecule has 1 N–H and O–H groups in total. The van der Waals surface area contributed by atoms with Gasteiger partial charge in [-0.15, -0.1) is 0 Å². The van der Waals surface area contributed by atoms with Gasteiger partial charge in [-0.3, -0.25) is 4.79 Å². The minimum atomic E-state index is -0.771. The molecule has 0 saturated carbocycles. The highest BCUT2D eigenvalue weighted by molar-refractivity contribution is 5.75. The molecular formula is C21H26O4. The second kappa shape index (κ2) is 8.67. The van der Waals surface area contributed by atoms with Crippen LogP contribution in [0, 0.1) is 5.41 Å². The minimum Gasteiger partial charge on any atom is -0.489 e. The molecule has 0 heterocycles. The summed E-state index contributed by atoms with van der Waals surface area (Å²) in [6, 6.07) is 17.5. The summed E-state index contributed by atoms with van der Waals surface area (Å²) in [6.45, 7) is 5.80. The Morgan fingerprint density at radius 3 is 2.36 bits per heavy atom. The largest absolute Gasteiger partial charge is 0.489 e. The minimum absolute atomic E-state index is 0.0247. The Balaban J connectivity index is 1.92. The highest BCUT2D eigenvalue weighted by Crippen LogP contribution is 2.21. The van der Waals surface area contributed by atoms with E-state index in [0.29, 0.717) is 13.0 Å². The lowest BCUT2D eigenvalue weighted by molar-refractivity contribution is -0.155. The summed E-state index contributed by atoms with van der Waals surface area (Å²) in [4.78, 5) is 11.8. The number of aliphatic hydroxyl groups is 1. The molecule has 2 rings (SSSR count). The van der Waals surface area contributed by atoms with Gasteiger partial charge < -0.3 is 14.6 Å². The van der Waals surface area contributed by atoms with Crippen molar-refractivity contribution in [3.63, 3.8) is 0 Å². The zero-order valence-corrected chi connectivity index (χ0v) is 15.1. The van der Waals surface area contributed by atoms with Gasteiger partial charge in [0.25, 0.3) is 0 Å². The number of ether oxygens (including phenoxy) is 2. The van der Waals surface area contributed by atoms with Crippen LogP contribution < -0.4 is 4.74 Å². The SMILES string of the molecule is CC(C)(C)C(=O)OCC(O)Cc1ccccc1OCc1ccccc1. The van der Waals surface area contributed by atoms with Crippen LogP contribution >= 0.6 is 0 Å². The first-order valence-electron chi connectivity index (χ1n) is 8.46. The van der Waals surface area contributed by atoms with Crippen LogP contribution in [0.3, 0.4) is 0 Å². The van der Waals surface area contributed by atoms with E-state index in [1.807, 2.05) is 54.6 Å². The summed E-state index contributed by atoms with van der Waals surface area (Å²) in [7, 11) is 0. The molecular weight excluding hydrogens is 316 g/mol. The Morgan fingerprint density at radius 1 is 1.04 bits per heavy atom. The van der Waals surface area contributed by atoms with Crippen LogP contribution in [-0.4, -0.2) is 23.8 Å². The maximum atomic E-state index is 11.8. The van der Waals surface area contributed by atoms with E-state index in [0.717, 1.165) is 16.9 Å². The number of rotatable bonds is 7. The molecule has 4 nitrogen and oxygen atoms in total. The van der Waals surface area contributed by atoms with Crippen molar-refractivity contribution >= 4 is 5.97 Å². The zero-order chi connectivity index (χ0) is 18.3. The molecule has 0 radical (unpaired) electrons. The van der Waals surface area contributed by atoms with Crippen molar-refractivity contribution in [3.05, 3.63) is 65.7 Å². The number of para-hydroxylation sites is 1. The van der Waals surface area contributed by atoms with Crippen molar-refractivity contribution in [2.75, 3.05) is 6.61 Å². The molecule has 0 fully saturated rings. The third-order valence-corrected chi connectivity index (χ3v) is 3.68. The first-order valence-corrected chi connectivity index (χ1v) is 8.46. The molecule has 1 unspecified atom stereocenters. The number of hydrogen-bond acceptors (Lipinski definition) is 4. The molecule has 0 aliphatic carbocycles. The second-order valence-electron chi connectivity index (χ2n) is 7.09. The normalized spacial score (nSPS) is 12.5. The Labute approximate surface area is 149 Å². The smallest absolute Gasteiger partial charge is 0.311 e. The third kappa shape index (κ3) is 6.24. The lowest BCUT2D eigenvalue weighted by Crippen LogP contribution is -2.28. The van der Waals surface area contributed by atoms with Gasteiger partial charge >= 0.3 is 5.97 Å². The van der Waals surface area contributed by atoms with E-state index in [2.05, 4.69) is 0 Å². The van der Waals surface area contributed by atoms with E-state index in [1.165, 1.54) is 0 Å². The lowest BCUT2D eigenvalue weighted by atomic mass is 9.97. The first kappa shape index (κ1) is 19.0. The average molecular weight is 342 g/mol. The van der Waals surface area contributed by atoms with Gasteiger partial charge in [-0.05, 0) is 38.0 Å². The quantitative estimate of drug-likeness (QED) is 0.779. The Kier molecular flexibility index (Phi) is 6.59. The first-order chi connectivity index (χ1) is 11.9. The maximum Gasteiger partial charge on any atom is 0.311 e. The summed E-state index contributed by atoms with van der Waals surface area (Å²) in [5.74, 6) is 0.410. The summed E-state index contributed by atoms with van der Waals surface area (Å²) in [6.07, 6.45) is -0.407. The monoisotopic (exact) mass is 342 g/mol. The highest BCUT2D eigenvalue weighted by atomic mass is 16.5. The Hall–Kier alpha value is -2.33. The number of carbonyl (C=O) groups excluding carboxylic acids is 1. The summed E-state index contributed by atoms with van der Waals surface area (Å²) >= 11 is 0. The Bertz CT molecular complexity index is 674. The van der Waals surface area contributed by atoms with Gasteiger partial charge in [0.1, 0.15) is 19.0 Å². The van der Waals surface area contributed by atoms with Crippen LogP contribution in [-0.2, 0) is 22.6 Å². The molecule has 0 amide bonds. The van der Waals surface area contributed by atoms with Crippen molar-refractivity contribution < 1.29 is 19.4 Å². The number of hydrogen-bond donors (Lipinski definition) is 1. The fourth-order valence-electron chi connectivity index (χ4n) is 2.25. The molecule has 134 valence electrons. The molecule has 0 aliphatic heterocycles. The highest BCUT2D eigenvalue weighted by Gasteiger charge is 2.24. The van der Waals surface area contributed by atoms with Crippen molar-refractivity contribution in [2.24, 2.45) is 5.41 Å². The third-order valence-electron chi connectivity index (χ3n) is 3.68. The summed E-state index contributed by atoms with van der Waals surface area (Å²) in [5.41, 5.74) is 1.39. The van der Waals surface area contributed by atoms with Gasteiger partial charge in [-0.2, -0.15) is 0 Å². The van der Waals surface area contributed by atoms with Crippen LogP contribution in [0.1, 0.15) is 31.9 Å². The van der Waals surface area contributed by atoms with Gasteiger partial charge in [0, 0.05) is 6.42 Å². The van der Waals surface area contributed by atoms with E-state index in [9.17, 15) is 9.90 Å². The zero-order valence-electron chi connectivity index (χ0n) is 15.1. The number of benzene rings is 2. The van der Waals surface area contributed by atoms with Gasteiger partial charge in [-0.1, -0.05) is 48.5 Å². The number of esters is 1. The average Bonchev–Trinajstić information content (AvgIpc) is 2.59. The maximum absolute atomic E-state index is 11.8. The van der Waals surface area contributed by atoms with Crippen molar-refractivity contribution in [1.29, 1.82) is 0 Å².